The number of hydrogen-bond donors (Lipinski definition) is 0. The molecule has 4 rings (SSSR count). The van der Waals surface area contributed by atoms with Gasteiger partial charge in [-0.2, -0.15) is 0 Å². The average molecular weight is 709 g/mol. The summed E-state index contributed by atoms with van der Waals surface area (Å²) in [5, 5.41) is 0. The maximum Gasteiger partial charge on any atom is 0.0312 e. The van der Waals surface area contributed by atoms with Gasteiger partial charge in [-0.25, -0.2) is 0 Å². The Morgan fingerprint density at radius 2 is 0.700 bits per heavy atom. The van der Waals surface area contributed by atoms with Crippen LogP contribution < -0.4 is 0 Å². The van der Waals surface area contributed by atoms with Crippen molar-refractivity contribution in [2.75, 3.05) is 0 Å². The van der Waals surface area contributed by atoms with Crippen LogP contribution in [0.5, 0.6) is 0 Å². The van der Waals surface area contributed by atoms with Gasteiger partial charge in [-0.15, -0.1) is 22.7 Å². The molecule has 2 heterocycles. The van der Waals surface area contributed by atoms with Gasteiger partial charge in [-0.3, -0.25) is 0 Å². The molecule has 0 aromatic carbocycles. The monoisotopic (exact) mass is 708 g/mol. The van der Waals surface area contributed by atoms with Crippen LogP contribution in [0.15, 0.2) is 59.8 Å². The van der Waals surface area contributed by atoms with E-state index in [4.69, 9.17) is 0 Å². The Kier molecular flexibility index (Phi) is 19.3. The summed E-state index contributed by atoms with van der Waals surface area (Å²) in [6.45, 7) is 9.32. The Morgan fingerprint density at radius 3 is 0.960 bits per heavy atom. The number of thiophene rings is 2. The first-order chi connectivity index (χ1) is 24.7. The van der Waals surface area contributed by atoms with Gasteiger partial charge in [0, 0.05) is 19.5 Å². The van der Waals surface area contributed by atoms with E-state index in [1.165, 1.54) is 159 Å². The van der Waals surface area contributed by atoms with Gasteiger partial charge in [0.15, 0.2) is 0 Å². The van der Waals surface area contributed by atoms with Crippen LogP contribution in [0.2, 0.25) is 0 Å². The standard InChI is InChI=1S/C48H68S2/c1-5-9-13-17-29-41-43(31-19-15-11-7-3)47(49-45(41)35-33-39-25-21-22-26-39)37-38-48-44(32-20-16-12-8-4)42(30-18-14-10-6-2)46(50-48)36-34-40-27-23-24-28-40/h21-25,27,33-38H,5-20,26,28-32H2,1-4H3/b35-33+,36-34+,38-37+. The van der Waals surface area contributed by atoms with Crippen LogP contribution in [-0.4, -0.2) is 0 Å². The molecule has 0 radical (unpaired) electrons. The second kappa shape index (κ2) is 23.9. The molecule has 0 fully saturated rings. The summed E-state index contributed by atoms with van der Waals surface area (Å²) in [7, 11) is 0. The molecule has 0 atom stereocenters. The quantitative estimate of drug-likeness (QED) is 0.0854. The molecule has 0 amide bonds. The molecule has 0 bridgehead atoms. The number of allylic oxidation sites excluding steroid dienone is 10. The lowest BCUT2D eigenvalue weighted by Gasteiger charge is -2.09. The van der Waals surface area contributed by atoms with E-state index >= 15 is 0 Å². The predicted octanol–water partition coefficient (Wildman–Crippen LogP) is 16.3. The van der Waals surface area contributed by atoms with Crippen molar-refractivity contribution in [3.8, 4) is 0 Å². The summed E-state index contributed by atoms with van der Waals surface area (Å²) in [6, 6.07) is 0. The molecule has 0 N–H and O–H groups in total. The Hall–Kier alpha value is -2.42. The number of rotatable bonds is 26. The van der Waals surface area contributed by atoms with Gasteiger partial charge in [0.1, 0.15) is 0 Å². The highest BCUT2D eigenvalue weighted by molar-refractivity contribution is 7.15. The molecule has 0 nitrogen and oxygen atoms in total. The van der Waals surface area contributed by atoms with Crippen molar-refractivity contribution in [2.24, 2.45) is 0 Å². The van der Waals surface area contributed by atoms with Crippen LogP contribution in [0.1, 0.15) is 185 Å². The van der Waals surface area contributed by atoms with Crippen LogP contribution in [0.25, 0.3) is 24.3 Å². The van der Waals surface area contributed by atoms with Gasteiger partial charge in [0.05, 0.1) is 0 Å². The van der Waals surface area contributed by atoms with Crippen molar-refractivity contribution >= 4 is 47.0 Å². The number of unbranched alkanes of at least 4 members (excludes halogenated alkanes) is 12. The minimum Gasteiger partial charge on any atom is -0.136 e. The van der Waals surface area contributed by atoms with E-state index in [0.29, 0.717) is 0 Å². The van der Waals surface area contributed by atoms with Crippen molar-refractivity contribution in [3.05, 3.63) is 102 Å². The second-order valence-corrected chi connectivity index (χ2v) is 16.7. The van der Waals surface area contributed by atoms with Gasteiger partial charge < -0.3 is 0 Å². The highest BCUT2D eigenvalue weighted by atomic mass is 32.1. The van der Waals surface area contributed by atoms with Crippen LogP contribution in [0, 0.1) is 0 Å². The zero-order valence-corrected chi connectivity index (χ0v) is 33.9. The predicted molar refractivity (Wildman–Crippen MR) is 231 cm³/mol. The lowest BCUT2D eigenvalue weighted by Crippen LogP contribution is -1.96. The molecule has 0 aliphatic heterocycles. The molecule has 2 aliphatic rings. The molecule has 2 aliphatic carbocycles. The zero-order chi connectivity index (χ0) is 35.2. The van der Waals surface area contributed by atoms with Crippen LogP contribution in [0.4, 0.5) is 0 Å². The van der Waals surface area contributed by atoms with Gasteiger partial charge in [0.25, 0.3) is 0 Å². The van der Waals surface area contributed by atoms with Crippen molar-refractivity contribution in [1.82, 2.24) is 0 Å². The summed E-state index contributed by atoms with van der Waals surface area (Å²) < 4.78 is 0. The number of hydrogen-bond acceptors (Lipinski definition) is 2. The molecular weight excluding hydrogens is 641 g/mol. The van der Waals surface area contributed by atoms with Gasteiger partial charge in [0.2, 0.25) is 0 Å². The first-order valence-electron chi connectivity index (χ1n) is 20.7. The highest BCUT2D eigenvalue weighted by Gasteiger charge is 2.18. The average Bonchev–Trinajstić information content (AvgIpc) is 3.95. The van der Waals surface area contributed by atoms with E-state index in [-0.39, 0.29) is 0 Å². The summed E-state index contributed by atoms with van der Waals surface area (Å²) in [5.41, 5.74) is 9.46. The second-order valence-electron chi connectivity index (χ2n) is 14.6. The summed E-state index contributed by atoms with van der Waals surface area (Å²) in [5.74, 6) is 0. The smallest absolute Gasteiger partial charge is 0.0312 e. The molecule has 2 aromatic rings. The molecule has 50 heavy (non-hydrogen) atoms. The normalized spacial score (nSPS) is 14.5. The van der Waals surface area contributed by atoms with E-state index in [9.17, 15) is 0 Å². The van der Waals surface area contributed by atoms with E-state index in [0.717, 1.165) is 12.8 Å². The van der Waals surface area contributed by atoms with E-state index in [1.54, 1.807) is 22.3 Å². The maximum absolute atomic E-state index is 2.54. The minimum absolute atomic E-state index is 1.06. The van der Waals surface area contributed by atoms with Crippen LogP contribution >= 0.6 is 22.7 Å². The summed E-state index contributed by atoms with van der Waals surface area (Å²) in [4.78, 5) is 6.03. The first-order valence-corrected chi connectivity index (χ1v) is 22.4. The maximum atomic E-state index is 2.54. The van der Waals surface area contributed by atoms with Crippen molar-refractivity contribution in [1.29, 1.82) is 0 Å². The molecule has 0 saturated heterocycles. The first kappa shape index (κ1) is 40.4. The highest BCUT2D eigenvalue weighted by Crippen LogP contribution is 2.38. The van der Waals surface area contributed by atoms with Crippen LogP contribution in [-0.2, 0) is 25.7 Å². The van der Waals surface area contributed by atoms with Gasteiger partial charge in [-0.1, -0.05) is 153 Å². The third kappa shape index (κ3) is 13.3. The molecule has 2 aromatic heterocycles. The Bertz CT molecular complexity index is 1380. The fraction of sp³-hybridized carbons (Fsp3) is 0.542. The molecule has 0 spiro atoms. The lowest BCUT2D eigenvalue weighted by atomic mass is 9.95. The Labute approximate surface area is 316 Å². The molecule has 272 valence electrons. The van der Waals surface area contributed by atoms with Crippen molar-refractivity contribution < 1.29 is 0 Å². The van der Waals surface area contributed by atoms with E-state index in [2.05, 4.69) is 123 Å². The molecule has 0 unspecified atom stereocenters. The minimum atomic E-state index is 1.06. The van der Waals surface area contributed by atoms with Gasteiger partial charge in [-0.05, 0) is 122 Å². The topological polar surface area (TPSA) is 0 Å². The lowest BCUT2D eigenvalue weighted by molar-refractivity contribution is 0.651. The Balaban J connectivity index is 1.73. The summed E-state index contributed by atoms with van der Waals surface area (Å²) >= 11 is 4.12. The molecule has 0 saturated carbocycles. The molecular formula is C48H68S2. The van der Waals surface area contributed by atoms with Crippen molar-refractivity contribution in [2.45, 2.75) is 169 Å². The Morgan fingerprint density at radius 1 is 0.400 bits per heavy atom. The largest absolute Gasteiger partial charge is 0.136 e. The van der Waals surface area contributed by atoms with Crippen molar-refractivity contribution in [3.63, 3.8) is 0 Å². The SMILES string of the molecule is CCCCCCc1c(/C=C/C2=CC=CC2)sc(/C=C/c2sc(/C=C/C3=CC=CC3)c(CCCCCC)c2CCCCCC)c1CCCCCC. The fourth-order valence-electron chi connectivity index (χ4n) is 7.32. The van der Waals surface area contributed by atoms with Crippen LogP contribution in [0.3, 0.4) is 0 Å². The van der Waals surface area contributed by atoms with Gasteiger partial charge >= 0.3 is 0 Å². The third-order valence-electron chi connectivity index (χ3n) is 10.4. The van der Waals surface area contributed by atoms with E-state index < -0.39 is 0 Å². The zero-order valence-electron chi connectivity index (χ0n) is 32.3. The fourth-order valence-corrected chi connectivity index (χ4v) is 9.73. The summed E-state index contributed by atoms with van der Waals surface area (Å²) in [6.07, 6.45) is 56.4. The van der Waals surface area contributed by atoms with E-state index in [1.807, 2.05) is 0 Å². The third-order valence-corrected chi connectivity index (χ3v) is 12.8. The molecule has 2 heteroatoms.